The summed E-state index contributed by atoms with van der Waals surface area (Å²) >= 11 is 0. The Hall–Kier alpha value is -1.58. The predicted molar refractivity (Wildman–Crippen MR) is 73.7 cm³/mol. The lowest BCUT2D eigenvalue weighted by molar-refractivity contribution is 0.322. The van der Waals surface area contributed by atoms with Gasteiger partial charge in [0, 0.05) is 19.3 Å². The van der Waals surface area contributed by atoms with Crippen LogP contribution in [0.3, 0.4) is 0 Å². The van der Waals surface area contributed by atoms with Gasteiger partial charge < -0.3 is 9.88 Å². The number of H-pyrrole nitrogens is 1. The summed E-state index contributed by atoms with van der Waals surface area (Å²) in [6.07, 6.45) is 8.92. The molecule has 1 aliphatic rings. The first-order valence-electron chi connectivity index (χ1n) is 6.78. The molecule has 0 saturated heterocycles. The van der Waals surface area contributed by atoms with Crippen LogP contribution in [0.15, 0.2) is 18.6 Å². The maximum absolute atomic E-state index is 4.40. The van der Waals surface area contributed by atoms with Gasteiger partial charge in [0.1, 0.15) is 5.52 Å². The fraction of sp³-hybridized carbons (Fsp3) is 0.571. The molecule has 0 aromatic carbocycles. The minimum atomic E-state index is 0.626. The fourth-order valence-corrected chi connectivity index (χ4v) is 3.17. The lowest BCUT2D eigenvalue weighted by Gasteiger charge is -2.37. The van der Waals surface area contributed by atoms with Gasteiger partial charge in [0.15, 0.2) is 5.65 Å². The quantitative estimate of drug-likeness (QED) is 0.883. The van der Waals surface area contributed by atoms with E-state index in [0.717, 1.165) is 17.1 Å². The summed E-state index contributed by atoms with van der Waals surface area (Å²) in [5.74, 6) is 0.755. The third-order valence-corrected chi connectivity index (χ3v) is 4.24. The molecule has 0 aliphatic heterocycles. The zero-order valence-electron chi connectivity index (χ0n) is 11.1. The molecule has 1 N–H and O–H groups in total. The highest BCUT2D eigenvalue weighted by molar-refractivity contribution is 5.85. The minimum Gasteiger partial charge on any atom is -0.369 e. The molecule has 2 aromatic heterocycles. The van der Waals surface area contributed by atoms with Crippen LogP contribution in [0.2, 0.25) is 0 Å². The van der Waals surface area contributed by atoms with E-state index in [1.165, 1.54) is 31.4 Å². The maximum atomic E-state index is 4.40. The molecule has 0 amide bonds. The van der Waals surface area contributed by atoms with Gasteiger partial charge in [-0.2, -0.15) is 0 Å². The average Bonchev–Trinajstić information content (AvgIpc) is 2.86. The highest BCUT2D eigenvalue weighted by atomic mass is 15.2. The van der Waals surface area contributed by atoms with E-state index in [9.17, 15) is 0 Å². The van der Waals surface area contributed by atoms with E-state index in [-0.39, 0.29) is 0 Å². The van der Waals surface area contributed by atoms with Crippen LogP contribution in [-0.2, 0) is 0 Å². The zero-order valence-corrected chi connectivity index (χ0v) is 11.1. The predicted octanol–water partition coefficient (Wildman–Crippen LogP) is 2.97. The Morgan fingerprint density at radius 3 is 2.94 bits per heavy atom. The van der Waals surface area contributed by atoms with E-state index >= 15 is 0 Å². The van der Waals surface area contributed by atoms with Crippen molar-refractivity contribution in [1.29, 1.82) is 0 Å². The van der Waals surface area contributed by atoms with Gasteiger partial charge in [-0.15, -0.1) is 0 Å². The van der Waals surface area contributed by atoms with E-state index in [2.05, 4.69) is 39.9 Å². The number of aromatic nitrogens is 3. The van der Waals surface area contributed by atoms with E-state index in [4.69, 9.17) is 0 Å². The Balaban J connectivity index is 1.95. The smallest absolute Gasteiger partial charge is 0.159 e. The minimum absolute atomic E-state index is 0.626. The molecule has 1 saturated carbocycles. The molecule has 2 aromatic rings. The zero-order chi connectivity index (χ0) is 12.5. The summed E-state index contributed by atoms with van der Waals surface area (Å²) in [5.41, 5.74) is 3.06. The van der Waals surface area contributed by atoms with E-state index in [1.807, 2.05) is 6.20 Å². The number of aromatic amines is 1. The van der Waals surface area contributed by atoms with Crippen molar-refractivity contribution in [2.75, 3.05) is 11.9 Å². The molecule has 2 heterocycles. The number of rotatable bonds is 2. The van der Waals surface area contributed by atoms with Gasteiger partial charge in [-0.05, 0) is 24.8 Å². The summed E-state index contributed by atoms with van der Waals surface area (Å²) < 4.78 is 0. The standard InChI is InChI=1S/C14H20N4/c1-10-5-3-4-6-11(10)18(2)12-7-8-15-14-13(12)16-9-17-14/h7-11H,3-6H2,1-2H3,(H,15,16,17)/t10-,11+/m1/s1. The lowest BCUT2D eigenvalue weighted by atomic mass is 9.85. The van der Waals surface area contributed by atoms with E-state index in [0.29, 0.717) is 6.04 Å². The van der Waals surface area contributed by atoms with Gasteiger partial charge in [-0.1, -0.05) is 19.8 Å². The van der Waals surface area contributed by atoms with Crippen molar-refractivity contribution < 1.29 is 0 Å². The summed E-state index contributed by atoms with van der Waals surface area (Å²) in [6, 6.07) is 2.70. The van der Waals surface area contributed by atoms with Crippen LogP contribution in [0.5, 0.6) is 0 Å². The normalized spacial score (nSPS) is 24.3. The highest BCUT2D eigenvalue weighted by Gasteiger charge is 2.26. The molecule has 0 unspecified atom stereocenters. The molecule has 4 nitrogen and oxygen atoms in total. The number of fused-ring (bicyclic) bond motifs is 1. The summed E-state index contributed by atoms with van der Waals surface area (Å²) in [4.78, 5) is 14.2. The van der Waals surface area contributed by atoms with Gasteiger partial charge in [0.2, 0.25) is 0 Å². The van der Waals surface area contributed by atoms with Crippen LogP contribution in [0.4, 0.5) is 5.69 Å². The molecule has 18 heavy (non-hydrogen) atoms. The van der Waals surface area contributed by atoms with Crippen LogP contribution >= 0.6 is 0 Å². The van der Waals surface area contributed by atoms with E-state index < -0.39 is 0 Å². The number of pyridine rings is 1. The first kappa shape index (κ1) is 11.5. The molecule has 0 bridgehead atoms. The second kappa shape index (κ2) is 4.59. The van der Waals surface area contributed by atoms with Crippen LogP contribution in [0.25, 0.3) is 11.2 Å². The molecule has 1 fully saturated rings. The fourth-order valence-electron chi connectivity index (χ4n) is 3.17. The third-order valence-electron chi connectivity index (χ3n) is 4.24. The number of anilines is 1. The van der Waals surface area contributed by atoms with Gasteiger partial charge in [0.25, 0.3) is 0 Å². The Morgan fingerprint density at radius 1 is 1.28 bits per heavy atom. The number of nitrogens with one attached hydrogen (secondary N) is 1. The molecule has 2 atom stereocenters. The van der Waals surface area contributed by atoms with Gasteiger partial charge in [-0.3, -0.25) is 0 Å². The van der Waals surface area contributed by atoms with Gasteiger partial charge >= 0.3 is 0 Å². The van der Waals surface area contributed by atoms with Crippen molar-refractivity contribution >= 4 is 16.9 Å². The van der Waals surface area contributed by atoms with Crippen molar-refractivity contribution in [1.82, 2.24) is 15.0 Å². The second-order valence-electron chi connectivity index (χ2n) is 5.37. The lowest BCUT2D eigenvalue weighted by Crippen LogP contribution is -2.39. The largest absolute Gasteiger partial charge is 0.369 e. The van der Waals surface area contributed by atoms with Crippen molar-refractivity contribution in [3.63, 3.8) is 0 Å². The number of nitrogens with zero attached hydrogens (tertiary/aromatic N) is 3. The Kier molecular flexibility index (Phi) is 2.94. The summed E-state index contributed by atoms with van der Waals surface area (Å²) in [5, 5.41) is 0. The Morgan fingerprint density at radius 2 is 2.11 bits per heavy atom. The van der Waals surface area contributed by atoms with Crippen molar-refractivity contribution in [3.05, 3.63) is 18.6 Å². The Bertz CT molecular complexity index is 533. The second-order valence-corrected chi connectivity index (χ2v) is 5.37. The summed E-state index contributed by atoms with van der Waals surface area (Å²) in [6.45, 7) is 2.36. The van der Waals surface area contributed by atoms with E-state index in [1.54, 1.807) is 6.33 Å². The number of imidazole rings is 1. The van der Waals surface area contributed by atoms with Crippen LogP contribution in [-0.4, -0.2) is 28.0 Å². The summed E-state index contributed by atoms with van der Waals surface area (Å²) in [7, 11) is 2.19. The van der Waals surface area contributed by atoms with Gasteiger partial charge in [-0.25, -0.2) is 9.97 Å². The molecular formula is C14H20N4. The van der Waals surface area contributed by atoms with Crippen molar-refractivity contribution in [2.24, 2.45) is 5.92 Å². The van der Waals surface area contributed by atoms with Gasteiger partial charge in [0.05, 0.1) is 12.0 Å². The average molecular weight is 244 g/mol. The topological polar surface area (TPSA) is 44.8 Å². The van der Waals surface area contributed by atoms with Crippen LogP contribution in [0, 0.1) is 5.92 Å². The first-order valence-corrected chi connectivity index (χ1v) is 6.78. The number of hydrogen-bond acceptors (Lipinski definition) is 3. The Labute approximate surface area is 107 Å². The van der Waals surface area contributed by atoms with Crippen LogP contribution in [0.1, 0.15) is 32.6 Å². The van der Waals surface area contributed by atoms with Crippen LogP contribution < -0.4 is 4.90 Å². The molecular weight excluding hydrogens is 224 g/mol. The molecule has 0 spiro atoms. The molecule has 3 rings (SSSR count). The monoisotopic (exact) mass is 244 g/mol. The van der Waals surface area contributed by atoms with Crippen molar-refractivity contribution in [3.8, 4) is 0 Å². The number of hydrogen-bond donors (Lipinski definition) is 1. The SMILES string of the molecule is C[C@@H]1CCCC[C@@H]1N(C)c1ccnc2[nH]cnc12. The third kappa shape index (κ3) is 1.85. The molecule has 0 radical (unpaired) electrons. The molecule has 1 aliphatic carbocycles. The molecule has 4 heteroatoms. The highest BCUT2D eigenvalue weighted by Crippen LogP contribution is 2.32. The first-order chi connectivity index (χ1) is 8.77. The molecule has 96 valence electrons. The maximum Gasteiger partial charge on any atom is 0.159 e. The van der Waals surface area contributed by atoms with Crippen molar-refractivity contribution in [2.45, 2.75) is 38.6 Å².